The molecule has 0 unspecified atom stereocenters. The fourth-order valence-corrected chi connectivity index (χ4v) is 3.24. The summed E-state index contributed by atoms with van der Waals surface area (Å²) in [5, 5.41) is 2.91. The van der Waals surface area contributed by atoms with Crippen LogP contribution in [0.5, 0.6) is 11.5 Å². The Hall–Kier alpha value is -3.81. The van der Waals surface area contributed by atoms with E-state index in [-0.39, 0.29) is 47.5 Å². The summed E-state index contributed by atoms with van der Waals surface area (Å²) in [6.45, 7) is 2.82. The van der Waals surface area contributed by atoms with Crippen molar-refractivity contribution in [2.75, 3.05) is 63.9 Å². The van der Waals surface area contributed by atoms with Gasteiger partial charge in [-0.05, 0) is 12.1 Å². The number of nitrogens with zero attached hydrogens (tertiary/aromatic N) is 4. The van der Waals surface area contributed by atoms with Gasteiger partial charge >= 0.3 is 0 Å². The molecule has 13 heteroatoms. The summed E-state index contributed by atoms with van der Waals surface area (Å²) in [6.07, 6.45) is 2.56. The van der Waals surface area contributed by atoms with Crippen molar-refractivity contribution in [2.24, 2.45) is 7.05 Å². The maximum absolute atomic E-state index is 13.1. The largest absolute Gasteiger partial charge is 0.487 e. The smallest absolute Gasteiger partial charge is 0.262 e. The molecule has 0 atom stereocenters. The maximum Gasteiger partial charge on any atom is 0.262 e. The molecule has 0 fully saturated rings. The second kappa shape index (κ2) is 11.6. The quantitative estimate of drug-likeness (QED) is 0.515. The van der Waals surface area contributed by atoms with Gasteiger partial charge in [-0.25, -0.2) is 15.0 Å². The number of nitrogen functional groups attached to an aromatic ring is 1. The number of aromatic nitrogens is 4. The van der Waals surface area contributed by atoms with Crippen LogP contribution in [0.15, 0.2) is 29.3 Å². The van der Waals surface area contributed by atoms with Crippen LogP contribution in [0.1, 0.15) is 10.4 Å². The average Bonchev–Trinajstić information content (AvgIpc) is 2.86. The summed E-state index contributed by atoms with van der Waals surface area (Å²) in [5.74, 6) is 0.142. The molecule has 0 spiro atoms. The van der Waals surface area contributed by atoms with E-state index < -0.39 is 5.91 Å². The number of nitrogens with one attached hydrogen (secondary N) is 1. The monoisotopic (exact) mass is 486 g/mol. The van der Waals surface area contributed by atoms with Crippen molar-refractivity contribution in [1.29, 1.82) is 0 Å². The van der Waals surface area contributed by atoms with Crippen LogP contribution in [0.4, 0.5) is 11.9 Å². The van der Waals surface area contributed by atoms with E-state index in [0.717, 1.165) is 0 Å². The molecule has 186 valence electrons. The lowest BCUT2D eigenvalue weighted by Crippen LogP contribution is -2.25. The summed E-state index contributed by atoms with van der Waals surface area (Å²) in [4.78, 5) is 37.9. The first kappa shape index (κ1) is 24.3. The van der Waals surface area contributed by atoms with E-state index in [1.54, 1.807) is 12.1 Å². The molecule has 1 amide bonds. The summed E-state index contributed by atoms with van der Waals surface area (Å²) in [7, 11) is 1.50. The van der Waals surface area contributed by atoms with Crippen LogP contribution in [0.25, 0.3) is 10.9 Å². The second-order valence-electron chi connectivity index (χ2n) is 7.41. The minimum Gasteiger partial charge on any atom is -0.487 e. The minimum atomic E-state index is -0.556. The van der Waals surface area contributed by atoms with Gasteiger partial charge in [0.15, 0.2) is 11.5 Å². The molecule has 0 aliphatic carbocycles. The summed E-state index contributed by atoms with van der Waals surface area (Å²) >= 11 is 0. The van der Waals surface area contributed by atoms with E-state index in [0.29, 0.717) is 50.8 Å². The zero-order chi connectivity index (χ0) is 24.6. The lowest BCUT2D eigenvalue weighted by molar-refractivity contribution is 0.00710. The van der Waals surface area contributed by atoms with Crippen molar-refractivity contribution in [3.8, 4) is 11.5 Å². The zero-order valence-corrected chi connectivity index (χ0v) is 19.2. The van der Waals surface area contributed by atoms with Crippen LogP contribution in [0, 0.1) is 0 Å². The van der Waals surface area contributed by atoms with Gasteiger partial charge < -0.3 is 29.4 Å². The Kier molecular flexibility index (Phi) is 8.03. The molecule has 2 aromatic heterocycles. The fourth-order valence-electron chi connectivity index (χ4n) is 3.24. The number of amides is 1. The molecule has 1 aliphatic heterocycles. The first-order valence-corrected chi connectivity index (χ1v) is 11.0. The van der Waals surface area contributed by atoms with Gasteiger partial charge in [0.05, 0.1) is 50.6 Å². The average molecular weight is 486 g/mol. The maximum atomic E-state index is 13.1. The van der Waals surface area contributed by atoms with Gasteiger partial charge in [0.1, 0.15) is 18.7 Å². The van der Waals surface area contributed by atoms with E-state index in [4.69, 9.17) is 29.4 Å². The number of hydrogen-bond donors (Lipinski definition) is 2. The number of anilines is 2. The normalized spacial score (nSPS) is 15.7. The molecule has 1 aromatic carbocycles. The van der Waals surface area contributed by atoms with Crippen LogP contribution in [-0.4, -0.2) is 78.3 Å². The fraction of sp³-hybridized carbons (Fsp3) is 0.409. The second-order valence-corrected chi connectivity index (χ2v) is 7.41. The summed E-state index contributed by atoms with van der Waals surface area (Å²) < 4.78 is 29.4. The molecule has 3 N–H and O–H groups in total. The third-order valence-corrected chi connectivity index (χ3v) is 5.03. The van der Waals surface area contributed by atoms with Crippen LogP contribution in [-0.2, 0) is 21.3 Å². The minimum absolute atomic E-state index is 0.00829. The summed E-state index contributed by atoms with van der Waals surface area (Å²) in [5.41, 5.74) is 5.49. The molecule has 0 saturated carbocycles. The molecule has 0 radical (unpaired) electrons. The number of ether oxygens (including phenoxy) is 5. The number of fused-ring (bicyclic) bond motifs is 3. The molecule has 3 aromatic rings. The molecular weight excluding hydrogens is 460 g/mol. The SMILES string of the molecule is Cn1c(NC(=O)c2cnc(N)nc2)nc2c3c(ccc2c1=O)OCCOCCOCCOCCO3. The highest BCUT2D eigenvalue weighted by atomic mass is 16.6. The number of nitrogens with two attached hydrogens (primary N) is 1. The van der Waals surface area contributed by atoms with E-state index in [9.17, 15) is 9.59 Å². The number of rotatable bonds is 2. The predicted octanol–water partition coefficient (Wildman–Crippen LogP) is 0.379. The van der Waals surface area contributed by atoms with E-state index in [1.807, 2.05) is 0 Å². The van der Waals surface area contributed by atoms with Gasteiger partial charge in [0, 0.05) is 19.4 Å². The molecular formula is C22H26N6O7. The van der Waals surface area contributed by atoms with Gasteiger partial charge in [-0.2, -0.15) is 0 Å². The number of benzene rings is 1. The van der Waals surface area contributed by atoms with Gasteiger partial charge in [-0.15, -0.1) is 0 Å². The third-order valence-electron chi connectivity index (χ3n) is 5.03. The number of carbonyl (C=O) groups is 1. The molecule has 4 rings (SSSR count). The first-order chi connectivity index (χ1) is 17.0. The van der Waals surface area contributed by atoms with Crippen LogP contribution in [0.3, 0.4) is 0 Å². The van der Waals surface area contributed by atoms with E-state index in [2.05, 4.69) is 20.3 Å². The molecule has 0 saturated heterocycles. The Bertz CT molecular complexity index is 1230. The Morgan fingerprint density at radius 3 is 2.20 bits per heavy atom. The zero-order valence-electron chi connectivity index (χ0n) is 19.2. The van der Waals surface area contributed by atoms with Gasteiger partial charge in [0.25, 0.3) is 11.5 Å². The highest BCUT2D eigenvalue weighted by molar-refractivity contribution is 6.03. The Morgan fingerprint density at radius 1 is 0.943 bits per heavy atom. The lowest BCUT2D eigenvalue weighted by atomic mass is 10.2. The molecule has 35 heavy (non-hydrogen) atoms. The van der Waals surface area contributed by atoms with Crippen molar-refractivity contribution in [3.63, 3.8) is 0 Å². The van der Waals surface area contributed by atoms with Gasteiger partial charge in [-0.1, -0.05) is 0 Å². The van der Waals surface area contributed by atoms with Crippen LogP contribution < -0.4 is 26.1 Å². The molecule has 1 aliphatic rings. The third kappa shape index (κ3) is 6.01. The standard InChI is InChI=1S/C22H26N6O7/c1-28-20(30)15-2-3-16-18(35-11-9-33-7-5-31-4-6-32-8-10-34-16)17(15)26-22(28)27-19(29)14-12-24-21(23)25-13-14/h2-3,12-13H,4-11H2,1H3,(H2,23,24,25)(H,26,27,29). The van der Waals surface area contributed by atoms with E-state index in [1.165, 1.54) is 24.0 Å². The highest BCUT2D eigenvalue weighted by Gasteiger charge is 2.19. The van der Waals surface area contributed by atoms with Crippen molar-refractivity contribution in [1.82, 2.24) is 19.5 Å². The topological polar surface area (TPSA) is 162 Å². The first-order valence-electron chi connectivity index (χ1n) is 11.0. The summed E-state index contributed by atoms with van der Waals surface area (Å²) in [6, 6.07) is 3.25. The molecule has 13 nitrogen and oxygen atoms in total. The highest BCUT2D eigenvalue weighted by Crippen LogP contribution is 2.34. The van der Waals surface area contributed by atoms with Crippen molar-refractivity contribution in [2.45, 2.75) is 0 Å². The Labute approximate surface area is 200 Å². The number of hydrogen-bond acceptors (Lipinski definition) is 11. The predicted molar refractivity (Wildman–Crippen MR) is 125 cm³/mol. The van der Waals surface area contributed by atoms with Crippen LogP contribution >= 0.6 is 0 Å². The van der Waals surface area contributed by atoms with Gasteiger partial charge in [-0.3, -0.25) is 19.5 Å². The van der Waals surface area contributed by atoms with Crippen LogP contribution in [0.2, 0.25) is 0 Å². The molecule has 0 bridgehead atoms. The van der Waals surface area contributed by atoms with E-state index >= 15 is 0 Å². The molecule has 3 heterocycles. The van der Waals surface area contributed by atoms with Gasteiger partial charge in [0.2, 0.25) is 11.9 Å². The Morgan fingerprint density at radius 2 is 1.54 bits per heavy atom. The van der Waals surface area contributed by atoms with Crippen molar-refractivity contribution in [3.05, 3.63) is 40.4 Å². The Balaban J connectivity index is 1.67. The van der Waals surface area contributed by atoms with Crippen molar-refractivity contribution >= 4 is 28.7 Å². The lowest BCUT2D eigenvalue weighted by Gasteiger charge is -2.16. The van der Waals surface area contributed by atoms with Crippen molar-refractivity contribution < 1.29 is 28.5 Å². The number of carbonyl (C=O) groups excluding carboxylic acids is 1.